The Balaban J connectivity index is 0.000000433. The van der Waals surface area contributed by atoms with Crippen LogP contribution in [0.1, 0.15) is 22.0 Å². The first-order valence-corrected chi connectivity index (χ1v) is 10.1. The van der Waals surface area contributed by atoms with Gasteiger partial charge in [0.25, 0.3) is 16.1 Å². The van der Waals surface area contributed by atoms with Gasteiger partial charge in [0.1, 0.15) is 5.75 Å². The Kier molecular flexibility index (Phi) is 8.62. The van der Waals surface area contributed by atoms with Crippen molar-refractivity contribution in [2.24, 2.45) is 10.9 Å². The molecule has 0 fully saturated rings. The van der Waals surface area contributed by atoms with Gasteiger partial charge in [0.2, 0.25) is 3.79 Å². The van der Waals surface area contributed by atoms with Crippen molar-refractivity contribution in [1.82, 2.24) is 4.72 Å². The second-order valence-electron chi connectivity index (χ2n) is 5.07. The molecule has 2 aromatic rings. The van der Waals surface area contributed by atoms with E-state index in [-0.39, 0.29) is 16.9 Å². The van der Waals surface area contributed by atoms with Gasteiger partial charge < -0.3 is 10.8 Å². The summed E-state index contributed by atoms with van der Waals surface area (Å²) in [5.74, 6) is -1.32. The van der Waals surface area contributed by atoms with Crippen molar-refractivity contribution in [2.75, 3.05) is 0 Å². The van der Waals surface area contributed by atoms with Crippen LogP contribution in [-0.2, 0) is 10.2 Å². The molecule has 2 aromatic carbocycles. The third kappa shape index (κ3) is 8.52. The smallest absolute Gasteiger partial charge is 0.275 e. The number of hydrogen-bond acceptors (Lipinski definition) is 4. The number of alkyl halides is 3. The zero-order chi connectivity index (χ0) is 20.8. The Morgan fingerprint density at radius 3 is 2.04 bits per heavy atom. The van der Waals surface area contributed by atoms with Crippen molar-refractivity contribution in [1.29, 1.82) is 0 Å². The van der Waals surface area contributed by atoms with Gasteiger partial charge >= 0.3 is 0 Å². The molecule has 1 amide bonds. The van der Waals surface area contributed by atoms with Crippen molar-refractivity contribution in [3.8, 4) is 5.75 Å². The number of halogens is 4. The standard InChI is InChI=1S/C9H10Cl3N3O4S.C6H5Cl/c10-9(11,12)7(15-20(14,18)19)4-1-2-6(16)5(3-4)8(13)17;7-6-4-2-1-3-5-6/h1-3,7,15-16H,(H2,13,17)(H2,14,18,19);1-5H. The van der Waals surface area contributed by atoms with Gasteiger partial charge in [0.15, 0.2) is 0 Å². The maximum Gasteiger partial charge on any atom is 0.275 e. The SMILES string of the molecule is Clc1ccccc1.NC(=O)c1cc(C(NS(N)(=O)=O)C(Cl)(Cl)Cl)ccc1O. The van der Waals surface area contributed by atoms with Crippen LogP contribution in [-0.4, -0.2) is 23.2 Å². The minimum atomic E-state index is -4.18. The molecule has 6 N–H and O–H groups in total. The molecule has 148 valence electrons. The fourth-order valence-electron chi connectivity index (χ4n) is 1.83. The van der Waals surface area contributed by atoms with E-state index in [1.807, 2.05) is 35.1 Å². The summed E-state index contributed by atoms with van der Waals surface area (Å²) < 4.78 is 22.0. The molecular formula is C15H15Cl4N3O4S. The fraction of sp³-hybridized carbons (Fsp3) is 0.133. The number of phenols is 1. The van der Waals surface area contributed by atoms with E-state index >= 15 is 0 Å². The molecule has 12 heteroatoms. The van der Waals surface area contributed by atoms with Gasteiger partial charge in [-0.1, -0.05) is 70.7 Å². The first kappa shape index (κ1) is 23.8. The molecule has 0 aliphatic rings. The molecule has 0 aliphatic carbocycles. The zero-order valence-electron chi connectivity index (χ0n) is 13.4. The summed E-state index contributed by atoms with van der Waals surface area (Å²) in [7, 11) is -4.18. The highest BCUT2D eigenvalue weighted by Gasteiger charge is 2.36. The molecule has 0 radical (unpaired) electrons. The van der Waals surface area contributed by atoms with Crippen LogP contribution in [0.15, 0.2) is 48.5 Å². The predicted octanol–water partition coefficient (Wildman–Crippen LogP) is 3.04. The normalized spacial score (nSPS) is 12.6. The van der Waals surface area contributed by atoms with E-state index < -0.39 is 26.0 Å². The Hall–Kier alpha value is -1.26. The minimum absolute atomic E-state index is 0.0885. The number of benzene rings is 2. The average molecular weight is 475 g/mol. The lowest BCUT2D eigenvalue weighted by Gasteiger charge is -2.25. The monoisotopic (exact) mass is 473 g/mol. The molecule has 0 aromatic heterocycles. The Labute approximate surface area is 176 Å². The van der Waals surface area contributed by atoms with Crippen LogP contribution in [0.4, 0.5) is 0 Å². The van der Waals surface area contributed by atoms with Crippen molar-refractivity contribution >= 4 is 62.5 Å². The van der Waals surface area contributed by atoms with Crippen LogP contribution < -0.4 is 15.6 Å². The summed E-state index contributed by atoms with van der Waals surface area (Å²) >= 11 is 22.6. The van der Waals surface area contributed by atoms with Gasteiger partial charge in [-0.2, -0.15) is 13.1 Å². The van der Waals surface area contributed by atoms with Crippen LogP contribution in [0, 0.1) is 0 Å². The van der Waals surface area contributed by atoms with Crippen molar-refractivity contribution in [2.45, 2.75) is 9.83 Å². The van der Waals surface area contributed by atoms with E-state index in [9.17, 15) is 18.3 Å². The lowest BCUT2D eigenvalue weighted by atomic mass is 10.0. The molecule has 1 atom stereocenters. The molecule has 0 saturated heterocycles. The highest BCUT2D eigenvalue weighted by molar-refractivity contribution is 7.87. The zero-order valence-corrected chi connectivity index (χ0v) is 17.3. The summed E-state index contributed by atoms with van der Waals surface area (Å²) in [6.45, 7) is 0. The van der Waals surface area contributed by atoms with Gasteiger partial charge in [0.05, 0.1) is 11.6 Å². The van der Waals surface area contributed by atoms with Crippen molar-refractivity contribution in [3.05, 3.63) is 64.7 Å². The number of hydrogen-bond donors (Lipinski definition) is 4. The van der Waals surface area contributed by atoms with Crippen LogP contribution >= 0.6 is 46.4 Å². The highest BCUT2D eigenvalue weighted by atomic mass is 35.6. The third-order valence-electron chi connectivity index (χ3n) is 2.96. The average Bonchev–Trinajstić information content (AvgIpc) is 2.52. The highest BCUT2D eigenvalue weighted by Crippen LogP contribution is 2.40. The Morgan fingerprint density at radius 1 is 1.11 bits per heavy atom. The van der Waals surface area contributed by atoms with E-state index in [0.29, 0.717) is 0 Å². The molecule has 7 nitrogen and oxygen atoms in total. The number of amides is 1. The van der Waals surface area contributed by atoms with Gasteiger partial charge in [-0.25, -0.2) is 5.14 Å². The molecule has 0 saturated carbocycles. The predicted molar refractivity (Wildman–Crippen MR) is 107 cm³/mol. The van der Waals surface area contributed by atoms with Crippen LogP contribution in [0.25, 0.3) is 0 Å². The molecule has 2 rings (SSSR count). The number of nitrogens with two attached hydrogens (primary N) is 2. The second kappa shape index (κ2) is 9.79. The van der Waals surface area contributed by atoms with Crippen molar-refractivity contribution in [3.63, 3.8) is 0 Å². The van der Waals surface area contributed by atoms with Gasteiger partial charge in [-0.05, 0) is 29.8 Å². The van der Waals surface area contributed by atoms with Gasteiger partial charge in [-0.15, -0.1) is 0 Å². The Bertz CT molecular complexity index is 890. The number of rotatable bonds is 4. The number of primary amides is 1. The first-order valence-electron chi connectivity index (χ1n) is 7.01. The Morgan fingerprint density at radius 2 is 1.67 bits per heavy atom. The summed E-state index contributed by atoms with van der Waals surface area (Å²) in [6, 6.07) is 11.5. The van der Waals surface area contributed by atoms with Crippen LogP contribution in [0.3, 0.4) is 0 Å². The summed E-state index contributed by atoms with van der Waals surface area (Å²) in [4.78, 5) is 11.1. The number of carbonyl (C=O) groups is 1. The topological polar surface area (TPSA) is 136 Å². The summed E-state index contributed by atoms with van der Waals surface area (Å²) in [5, 5.41) is 15.1. The van der Waals surface area contributed by atoms with Gasteiger partial charge in [0, 0.05) is 5.02 Å². The summed E-state index contributed by atoms with van der Waals surface area (Å²) in [5.41, 5.74) is 4.90. The first-order chi connectivity index (χ1) is 12.3. The van der Waals surface area contributed by atoms with E-state index in [1.165, 1.54) is 6.07 Å². The fourth-order valence-corrected chi connectivity index (χ4v) is 3.36. The molecule has 0 spiro atoms. The van der Waals surface area contributed by atoms with Crippen molar-refractivity contribution < 1.29 is 18.3 Å². The molecule has 0 heterocycles. The lowest BCUT2D eigenvalue weighted by Crippen LogP contribution is -2.40. The molecule has 0 bridgehead atoms. The quantitative estimate of drug-likeness (QED) is 0.506. The van der Waals surface area contributed by atoms with E-state index in [1.54, 1.807) is 0 Å². The maximum absolute atomic E-state index is 11.1. The number of aromatic hydroxyl groups is 1. The van der Waals surface area contributed by atoms with Crippen LogP contribution in [0.2, 0.25) is 5.02 Å². The number of nitrogens with one attached hydrogen (secondary N) is 1. The third-order valence-corrected chi connectivity index (χ3v) is 4.43. The molecule has 27 heavy (non-hydrogen) atoms. The molecule has 1 unspecified atom stereocenters. The number of carbonyl (C=O) groups excluding carboxylic acids is 1. The molecule has 0 aliphatic heterocycles. The maximum atomic E-state index is 11.1. The largest absolute Gasteiger partial charge is 0.507 e. The van der Waals surface area contributed by atoms with E-state index in [0.717, 1.165) is 17.2 Å². The molecular weight excluding hydrogens is 460 g/mol. The second-order valence-corrected chi connectivity index (χ2v) is 9.20. The lowest BCUT2D eigenvalue weighted by molar-refractivity contribution is 0.0997. The minimum Gasteiger partial charge on any atom is -0.507 e. The summed E-state index contributed by atoms with van der Waals surface area (Å²) in [6.07, 6.45) is 0. The van der Waals surface area contributed by atoms with Crippen LogP contribution in [0.5, 0.6) is 5.75 Å². The van der Waals surface area contributed by atoms with E-state index in [4.69, 9.17) is 57.3 Å². The van der Waals surface area contributed by atoms with E-state index in [2.05, 4.69) is 0 Å². The van der Waals surface area contributed by atoms with Gasteiger partial charge in [-0.3, -0.25) is 4.79 Å².